The van der Waals surface area contributed by atoms with Crippen LogP contribution >= 0.6 is 22.9 Å². The van der Waals surface area contributed by atoms with Crippen LogP contribution in [-0.4, -0.2) is 9.55 Å². The molecule has 0 atom stereocenters. The predicted octanol–water partition coefficient (Wildman–Crippen LogP) is 4.83. The quantitative estimate of drug-likeness (QED) is 0.529. The number of benzene rings is 2. The minimum absolute atomic E-state index is 0.0351. The van der Waals surface area contributed by atoms with E-state index in [9.17, 15) is 4.79 Å². The molecule has 0 fully saturated rings. The Labute approximate surface area is 147 Å². The number of thiophene rings is 1. The average molecular weight is 353 g/mol. The van der Waals surface area contributed by atoms with E-state index in [1.165, 1.54) is 11.3 Å². The van der Waals surface area contributed by atoms with E-state index in [0.29, 0.717) is 16.3 Å². The van der Waals surface area contributed by atoms with Crippen LogP contribution in [0.3, 0.4) is 0 Å². The molecular formula is C19H13ClN2OS. The number of halogens is 1. The summed E-state index contributed by atoms with van der Waals surface area (Å²) >= 11 is 7.67. The van der Waals surface area contributed by atoms with E-state index in [1.807, 2.05) is 60.7 Å². The minimum atomic E-state index is -0.0351. The smallest absolute Gasteiger partial charge is 0.271 e. The highest BCUT2D eigenvalue weighted by Gasteiger charge is 2.11. The normalized spacial score (nSPS) is 11.0. The summed E-state index contributed by atoms with van der Waals surface area (Å²) in [4.78, 5) is 18.3. The van der Waals surface area contributed by atoms with Gasteiger partial charge in [0.2, 0.25) is 0 Å². The topological polar surface area (TPSA) is 34.9 Å². The van der Waals surface area contributed by atoms with Crippen molar-refractivity contribution >= 4 is 33.2 Å². The standard InChI is InChI=1S/C19H13ClN2OS/c20-15-9-5-4-8-14(15)11-22-12-21-16-10-17(24-18(16)19(22)23)13-6-2-1-3-7-13/h1-10,12H,11H2. The third-order valence-corrected chi connectivity index (χ3v) is 5.39. The maximum Gasteiger partial charge on any atom is 0.271 e. The van der Waals surface area contributed by atoms with E-state index in [2.05, 4.69) is 4.98 Å². The van der Waals surface area contributed by atoms with Gasteiger partial charge in [0.05, 0.1) is 18.4 Å². The van der Waals surface area contributed by atoms with Crippen LogP contribution in [0, 0.1) is 0 Å². The van der Waals surface area contributed by atoms with Gasteiger partial charge < -0.3 is 0 Å². The Morgan fingerprint density at radius 2 is 1.79 bits per heavy atom. The van der Waals surface area contributed by atoms with Gasteiger partial charge in [-0.2, -0.15) is 0 Å². The van der Waals surface area contributed by atoms with Crippen molar-refractivity contribution in [3.05, 3.63) is 87.9 Å². The maximum absolute atomic E-state index is 12.8. The Hall–Kier alpha value is -2.43. The van der Waals surface area contributed by atoms with Gasteiger partial charge in [-0.15, -0.1) is 11.3 Å². The lowest BCUT2D eigenvalue weighted by atomic mass is 10.2. The van der Waals surface area contributed by atoms with Crippen LogP contribution in [-0.2, 0) is 6.54 Å². The molecule has 0 amide bonds. The van der Waals surface area contributed by atoms with Gasteiger partial charge in [-0.3, -0.25) is 9.36 Å². The summed E-state index contributed by atoms with van der Waals surface area (Å²) in [5.41, 5.74) is 2.70. The molecule has 2 heterocycles. The summed E-state index contributed by atoms with van der Waals surface area (Å²) < 4.78 is 2.28. The molecule has 2 aromatic heterocycles. The molecule has 0 aliphatic carbocycles. The lowest BCUT2D eigenvalue weighted by molar-refractivity contribution is 0.750. The molecule has 0 spiro atoms. The van der Waals surface area contributed by atoms with E-state index < -0.39 is 0 Å². The van der Waals surface area contributed by atoms with E-state index >= 15 is 0 Å². The van der Waals surface area contributed by atoms with Crippen LogP contribution in [0.2, 0.25) is 5.02 Å². The third kappa shape index (κ3) is 2.75. The number of aromatic nitrogens is 2. The number of rotatable bonds is 3. The SMILES string of the molecule is O=c1c2sc(-c3ccccc3)cc2ncn1Cc1ccccc1Cl. The molecule has 0 saturated heterocycles. The number of fused-ring (bicyclic) bond motifs is 1. The fourth-order valence-electron chi connectivity index (χ4n) is 2.61. The fourth-order valence-corrected chi connectivity index (χ4v) is 3.87. The van der Waals surface area contributed by atoms with E-state index in [1.54, 1.807) is 10.9 Å². The summed E-state index contributed by atoms with van der Waals surface area (Å²) in [6.07, 6.45) is 1.59. The zero-order valence-electron chi connectivity index (χ0n) is 12.6. The molecule has 4 aromatic rings. The van der Waals surface area contributed by atoms with Crippen molar-refractivity contribution in [2.24, 2.45) is 0 Å². The molecule has 3 nitrogen and oxygen atoms in total. The van der Waals surface area contributed by atoms with Crippen molar-refractivity contribution in [1.29, 1.82) is 0 Å². The molecule has 2 aromatic carbocycles. The summed E-state index contributed by atoms with van der Waals surface area (Å²) in [6, 6.07) is 19.5. The second-order valence-corrected chi connectivity index (χ2v) is 6.92. The van der Waals surface area contributed by atoms with Crippen LogP contribution in [0.15, 0.2) is 71.8 Å². The summed E-state index contributed by atoms with van der Waals surface area (Å²) in [5, 5.41) is 0.653. The van der Waals surface area contributed by atoms with Gasteiger partial charge in [0.15, 0.2) is 0 Å². The predicted molar refractivity (Wildman–Crippen MR) is 99.9 cm³/mol. The monoisotopic (exact) mass is 352 g/mol. The molecule has 0 saturated carbocycles. The van der Waals surface area contributed by atoms with Gasteiger partial charge in [-0.05, 0) is 23.3 Å². The van der Waals surface area contributed by atoms with E-state index in [-0.39, 0.29) is 5.56 Å². The molecule has 5 heteroatoms. The Bertz CT molecular complexity index is 1070. The second kappa shape index (κ2) is 6.23. The van der Waals surface area contributed by atoms with Crippen LogP contribution < -0.4 is 5.56 Å². The van der Waals surface area contributed by atoms with Crippen molar-refractivity contribution < 1.29 is 0 Å². The van der Waals surface area contributed by atoms with Crippen molar-refractivity contribution in [1.82, 2.24) is 9.55 Å². The number of hydrogen-bond acceptors (Lipinski definition) is 3. The first-order valence-electron chi connectivity index (χ1n) is 7.50. The first-order valence-corrected chi connectivity index (χ1v) is 8.69. The van der Waals surface area contributed by atoms with Gasteiger partial charge in [-0.25, -0.2) is 4.98 Å². The lowest BCUT2D eigenvalue weighted by Gasteiger charge is -2.06. The Morgan fingerprint density at radius 3 is 2.58 bits per heavy atom. The molecule has 0 aliphatic rings. The molecule has 4 rings (SSSR count). The first-order chi connectivity index (χ1) is 11.7. The van der Waals surface area contributed by atoms with E-state index in [0.717, 1.165) is 21.5 Å². The Morgan fingerprint density at radius 1 is 1.04 bits per heavy atom. The highest BCUT2D eigenvalue weighted by atomic mass is 35.5. The lowest BCUT2D eigenvalue weighted by Crippen LogP contribution is -2.20. The van der Waals surface area contributed by atoms with Crippen LogP contribution in [0.4, 0.5) is 0 Å². The van der Waals surface area contributed by atoms with Crippen LogP contribution in [0.25, 0.3) is 20.7 Å². The van der Waals surface area contributed by atoms with Crippen LogP contribution in [0.5, 0.6) is 0 Å². The Kier molecular flexibility index (Phi) is 3.92. The third-order valence-electron chi connectivity index (χ3n) is 3.86. The Balaban J connectivity index is 1.78. The largest absolute Gasteiger partial charge is 0.293 e. The summed E-state index contributed by atoms with van der Waals surface area (Å²) in [5.74, 6) is 0. The van der Waals surface area contributed by atoms with E-state index in [4.69, 9.17) is 11.6 Å². The highest BCUT2D eigenvalue weighted by molar-refractivity contribution is 7.22. The first kappa shape index (κ1) is 15.1. The molecular weight excluding hydrogens is 340 g/mol. The highest BCUT2D eigenvalue weighted by Crippen LogP contribution is 2.30. The molecule has 118 valence electrons. The van der Waals surface area contributed by atoms with Crippen molar-refractivity contribution in [2.75, 3.05) is 0 Å². The van der Waals surface area contributed by atoms with Gasteiger partial charge in [-0.1, -0.05) is 60.1 Å². The number of hydrogen-bond donors (Lipinski definition) is 0. The summed E-state index contributed by atoms with van der Waals surface area (Å²) in [6.45, 7) is 0.417. The van der Waals surface area contributed by atoms with Gasteiger partial charge in [0, 0.05) is 9.90 Å². The van der Waals surface area contributed by atoms with Gasteiger partial charge in [0.25, 0.3) is 5.56 Å². The molecule has 0 unspecified atom stereocenters. The van der Waals surface area contributed by atoms with Crippen molar-refractivity contribution in [2.45, 2.75) is 6.54 Å². The molecule has 0 bridgehead atoms. The average Bonchev–Trinajstić information content (AvgIpc) is 3.05. The molecule has 0 aliphatic heterocycles. The zero-order valence-corrected chi connectivity index (χ0v) is 14.2. The van der Waals surface area contributed by atoms with Gasteiger partial charge in [0.1, 0.15) is 4.70 Å². The molecule has 0 radical (unpaired) electrons. The number of nitrogens with zero attached hydrogens (tertiary/aromatic N) is 2. The van der Waals surface area contributed by atoms with Crippen LogP contribution in [0.1, 0.15) is 5.56 Å². The van der Waals surface area contributed by atoms with Gasteiger partial charge >= 0.3 is 0 Å². The summed E-state index contributed by atoms with van der Waals surface area (Å²) in [7, 11) is 0. The maximum atomic E-state index is 12.8. The fraction of sp³-hybridized carbons (Fsp3) is 0.0526. The molecule has 0 N–H and O–H groups in total. The minimum Gasteiger partial charge on any atom is -0.293 e. The molecule has 24 heavy (non-hydrogen) atoms. The zero-order chi connectivity index (χ0) is 16.5. The second-order valence-electron chi connectivity index (χ2n) is 5.46. The van der Waals surface area contributed by atoms with Crippen molar-refractivity contribution in [3.8, 4) is 10.4 Å². The van der Waals surface area contributed by atoms with Crippen molar-refractivity contribution in [3.63, 3.8) is 0 Å².